The van der Waals surface area contributed by atoms with E-state index in [1.54, 1.807) is 25.1 Å². The highest BCUT2D eigenvalue weighted by molar-refractivity contribution is 6.36. The Bertz CT molecular complexity index is 681. The predicted octanol–water partition coefficient (Wildman–Crippen LogP) is 5.05. The van der Waals surface area contributed by atoms with Crippen molar-refractivity contribution < 1.29 is 4.79 Å². The van der Waals surface area contributed by atoms with Gasteiger partial charge in [-0.2, -0.15) is 0 Å². The van der Waals surface area contributed by atoms with E-state index in [-0.39, 0.29) is 5.91 Å². The fourth-order valence-electron chi connectivity index (χ4n) is 2.21. The number of benzene rings is 2. The molecule has 0 aromatic heterocycles. The lowest BCUT2D eigenvalue weighted by molar-refractivity contribution is -0.116. The van der Waals surface area contributed by atoms with Crippen molar-refractivity contribution in [2.24, 2.45) is 0 Å². The molecule has 1 atom stereocenters. The fraction of sp³-hybridized carbons (Fsp3) is 0.235. The number of amides is 1. The maximum atomic E-state index is 12.3. The molecule has 0 aliphatic heterocycles. The van der Waals surface area contributed by atoms with E-state index in [4.69, 9.17) is 23.2 Å². The normalized spacial score (nSPS) is 11.9. The Hall–Kier alpha value is -1.71. The van der Waals surface area contributed by atoms with Gasteiger partial charge in [-0.05, 0) is 62.2 Å². The number of nitrogens with one attached hydrogen (secondary N) is 2. The summed E-state index contributed by atoms with van der Waals surface area (Å²) in [6.07, 6.45) is 0. The monoisotopic (exact) mass is 336 g/mol. The Morgan fingerprint density at radius 2 is 1.68 bits per heavy atom. The average Bonchev–Trinajstić information content (AvgIpc) is 2.40. The van der Waals surface area contributed by atoms with Gasteiger partial charge in [0.1, 0.15) is 6.04 Å². The molecule has 3 nitrogen and oxygen atoms in total. The second-order valence-corrected chi connectivity index (χ2v) is 6.20. The molecule has 0 heterocycles. The van der Waals surface area contributed by atoms with Crippen molar-refractivity contribution in [3.05, 3.63) is 57.6 Å². The summed E-state index contributed by atoms with van der Waals surface area (Å²) in [7, 11) is 0. The maximum absolute atomic E-state index is 12.3. The molecule has 0 unspecified atom stereocenters. The second-order valence-electron chi connectivity index (χ2n) is 5.36. The van der Waals surface area contributed by atoms with Crippen molar-refractivity contribution >= 4 is 40.5 Å². The SMILES string of the molecule is Cc1cc(C)cc(N[C@H](C)C(=O)Nc2ccc(Cl)cc2Cl)c1. The minimum absolute atomic E-state index is 0.164. The van der Waals surface area contributed by atoms with Crippen LogP contribution in [0.4, 0.5) is 11.4 Å². The van der Waals surface area contributed by atoms with E-state index in [2.05, 4.69) is 16.7 Å². The standard InChI is InChI=1S/C17H18Cl2N2O/c1-10-6-11(2)8-14(7-10)20-12(3)17(22)21-16-5-4-13(18)9-15(16)19/h4-9,12,20H,1-3H3,(H,21,22)/t12-/m1/s1. The van der Waals surface area contributed by atoms with Crippen LogP contribution < -0.4 is 10.6 Å². The number of aryl methyl sites for hydroxylation is 2. The van der Waals surface area contributed by atoms with E-state index in [0.29, 0.717) is 15.7 Å². The van der Waals surface area contributed by atoms with Crippen molar-refractivity contribution in [2.45, 2.75) is 26.8 Å². The zero-order valence-corrected chi connectivity index (χ0v) is 14.2. The third kappa shape index (κ3) is 4.39. The molecule has 0 fully saturated rings. The first-order chi connectivity index (χ1) is 10.3. The van der Waals surface area contributed by atoms with Crippen LogP contribution in [0.3, 0.4) is 0 Å². The van der Waals surface area contributed by atoms with Gasteiger partial charge in [-0.3, -0.25) is 4.79 Å². The molecule has 0 saturated carbocycles. The molecule has 0 saturated heterocycles. The van der Waals surface area contributed by atoms with E-state index >= 15 is 0 Å². The summed E-state index contributed by atoms with van der Waals surface area (Å²) in [4.78, 5) is 12.3. The highest BCUT2D eigenvalue weighted by Gasteiger charge is 2.14. The van der Waals surface area contributed by atoms with Gasteiger partial charge >= 0.3 is 0 Å². The van der Waals surface area contributed by atoms with Gasteiger partial charge < -0.3 is 10.6 Å². The molecule has 0 radical (unpaired) electrons. The summed E-state index contributed by atoms with van der Waals surface area (Å²) in [5.74, 6) is -0.164. The van der Waals surface area contributed by atoms with Crippen LogP contribution >= 0.6 is 23.2 Å². The molecular weight excluding hydrogens is 319 g/mol. The van der Waals surface area contributed by atoms with Gasteiger partial charge in [-0.15, -0.1) is 0 Å². The molecule has 116 valence electrons. The van der Waals surface area contributed by atoms with Gasteiger partial charge in [0.2, 0.25) is 5.91 Å². The topological polar surface area (TPSA) is 41.1 Å². The Morgan fingerprint density at radius 3 is 2.27 bits per heavy atom. The fourth-order valence-corrected chi connectivity index (χ4v) is 2.66. The first kappa shape index (κ1) is 16.7. The number of carbonyl (C=O) groups excluding carboxylic acids is 1. The summed E-state index contributed by atoms with van der Waals surface area (Å²) < 4.78 is 0. The summed E-state index contributed by atoms with van der Waals surface area (Å²) in [6.45, 7) is 5.85. The Labute approximate surface area is 140 Å². The number of hydrogen-bond acceptors (Lipinski definition) is 2. The molecular formula is C17H18Cl2N2O. The van der Waals surface area contributed by atoms with Crippen molar-refractivity contribution in [2.75, 3.05) is 10.6 Å². The minimum atomic E-state index is -0.395. The third-order valence-corrected chi connectivity index (χ3v) is 3.73. The van der Waals surface area contributed by atoms with E-state index < -0.39 is 6.04 Å². The highest BCUT2D eigenvalue weighted by atomic mass is 35.5. The zero-order chi connectivity index (χ0) is 16.3. The molecule has 22 heavy (non-hydrogen) atoms. The molecule has 2 aromatic rings. The number of anilines is 2. The quantitative estimate of drug-likeness (QED) is 0.820. The first-order valence-electron chi connectivity index (χ1n) is 6.96. The van der Waals surface area contributed by atoms with Crippen LogP contribution in [0.25, 0.3) is 0 Å². The molecule has 0 aliphatic rings. The molecule has 0 spiro atoms. The van der Waals surface area contributed by atoms with Gasteiger partial charge in [0, 0.05) is 10.7 Å². The van der Waals surface area contributed by atoms with Gasteiger partial charge in [-0.1, -0.05) is 29.3 Å². The molecule has 1 amide bonds. The lowest BCUT2D eigenvalue weighted by Crippen LogP contribution is -2.32. The number of carbonyl (C=O) groups is 1. The number of rotatable bonds is 4. The van der Waals surface area contributed by atoms with Gasteiger partial charge in [0.15, 0.2) is 0 Å². The molecule has 0 aliphatic carbocycles. The van der Waals surface area contributed by atoms with E-state index in [1.165, 1.54) is 0 Å². The summed E-state index contributed by atoms with van der Waals surface area (Å²) in [5.41, 5.74) is 3.76. The Balaban J connectivity index is 2.05. The van der Waals surface area contributed by atoms with Gasteiger partial charge in [0.25, 0.3) is 0 Å². The molecule has 2 rings (SSSR count). The van der Waals surface area contributed by atoms with Crippen molar-refractivity contribution in [3.63, 3.8) is 0 Å². The Kier molecular flexibility index (Phi) is 5.33. The van der Waals surface area contributed by atoms with Gasteiger partial charge in [-0.25, -0.2) is 0 Å². The van der Waals surface area contributed by atoms with E-state index in [0.717, 1.165) is 16.8 Å². The van der Waals surface area contributed by atoms with Crippen molar-refractivity contribution in [1.29, 1.82) is 0 Å². The first-order valence-corrected chi connectivity index (χ1v) is 7.71. The van der Waals surface area contributed by atoms with Crippen molar-refractivity contribution in [1.82, 2.24) is 0 Å². The highest BCUT2D eigenvalue weighted by Crippen LogP contribution is 2.25. The number of halogens is 2. The second kappa shape index (κ2) is 7.03. The number of hydrogen-bond donors (Lipinski definition) is 2. The van der Waals surface area contributed by atoms with Crippen molar-refractivity contribution in [3.8, 4) is 0 Å². The minimum Gasteiger partial charge on any atom is -0.374 e. The molecule has 2 N–H and O–H groups in total. The molecule has 0 bridgehead atoms. The van der Waals surface area contributed by atoms with Crippen LogP contribution in [0.2, 0.25) is 10.0 Å². The van der Waals surface area contributed by atoms with Crippen LogP contribution in [0, 0.1) is 13.8 Å². The third-order valence-electron chi connectivity index (χ3n) is 3.19. The van der Waals surface area contributed by atoms with E-state index in [9.17, 15) is 4.79 Å². The lowest BCUT2D eigenvalue weighted by atomic mass is 10.1. The molecule has 2 aromatic carbocycles. The van der Waals surface area contributed by atoms with Crippen LogP contribution in [-0.2, 0) is 4.79 Å². The largest absolute Gasteiger partial charge is 0.374 e. The van der Waals surface area contributed by atoms with Gasteiger partial charge in [0.05, 0.1) is 10.7 Å². The summed E-state index contributed by atoms with van der Waals surface area (Å²) in [5, 5.41) is 6.94. The van der Waals surface area contributed by atoms with Crippen LogP contribution in [-0.4, -0.2) is 11.9 Å². The Morgan fingerprint density at radius 1 is 1.05 bits per heavy atom. The average molecular weight is 337 g/mol. The van der Waals surface area contributed by atoms with Crippen LogP contribution in [0.5, 0.6) is 0 Å². The summed E-state index contributed by atoms with van der Waals surface area (Å²) >= 11 is 11.9. The predicted molar refractivity (Wildman–Crippen MR) is 94.1 cm³/mol. The van der Waals surface area contributed by atoms with Crippen LogP contribution in [0.15, 0.2) is 36.4 Å². The lowest BCUT2D eigenvalue weighted by Gasteiger charge is -2.17. The smallest absolute Gasteiger partial charge is 0.246 e. The molecule has 5 heteroatoms. The zero-order valence-electron chi connectivity index (χ0n) is 12.7. The van der Waals surface area contributed by atoms with Crippen LogP contribution in [0.1, 0.15) is 18.1 Å². The summed E-state index contributed by atoms with van der Waals surface area (Å²) in [6, 6.07) is 10.7. The van der Waals surface area contributed by atoms with E-state index in [1.807, 2.05) is 26.0 Å². The maximum Gasteiger partial charge on any atom is 0.246 e.